The fourth-order valence-corrected chi connectivity index (χ4v) is 6.82. The molecule has 0 aliphatic rings. The summed E-state index contributed by atoms with van der Waals surface area (Å²) >= 11 is 0. The zero-order chi connectivity index (χ0) is 43.7. The highest BCUT2D eigenvalue weighted by molar-refractivity contribution is 5.71. The molecule has 0 aliphatic carbocycles. The van der Waals surface area contributed by atoms with E-state index in [-0.39, 0.29) is 37.5 Å². The van der Waals surface area contributed by atoms with Crippen molar-refractivity contribution in [2.24, 2.45) is 0 Å². The summed E-state index contributed by atoms with van der Waals surface area (Å²) in [5.41, 5.74) is 0. The van der Waals surface area contributed by atoms with Crippen LogP contribution in [-0.4, -0.2) is 37.2 Å². The summed E-state index contributed by atoms with van der Waals surface area (Å²) in [6, 6.07) is 0. The predicted molar refractivity (Wildman–Crippen MR) is 256 cm³/mol. The molecule has 0 aromatic heterocycles. The number of rotatable bonds is 44. The van der Waals surface area contributed by atoms with Crippen molar-refractivity contribution in [2.45, 2.75) is 239 Å². The highest BCUT2D eigenvalue weighted by Crippen LogP contribution is 2.15. The lowest BCUT2D eigenvalue weighted by Gasteiger charge is -2.18. The number of carbonyl (C=O) groups excluding carboxylic acids is 3. The van der Waals surface area contributed by atoms with E-state index in [0.717, 1.165) is 64.2 Å². The van der Waals surface area contributed by atoms with E-state index in [2.05, 4.69) is 39.0 Å². The van der Waals surface area contributed by atoms with E-state index < -0.39 is 6.10 Å². The summed E-state index contributed by atoms with van der Waals surface area (Å²) < 4.78 is 16.7. The van der Waals surface area contributed by atoms with E-state index in [1.54, 1.807) is 0 Å². The van der Waals surface area contributed by atoms with Crippen LogP contribution in [0.3, 0.4) is 0 Å². The summed E-state index contributed by atoms with van der Waals surface area (Å²) in [4.78, 5) is 37.8. The first-order valence-corrected chi connectivity index (χ1v) is 25.0. The van der Waals surface area contributed by atoms with Gasteiger partial charge in [-0.2, -0.15) is 0 Å². The van der Waals surface area contributed by atoms with Crippen LogP contribution in [-0.2, 0) is 28.6 Å². The predicted octanol–water partition coefficient (Wildman–Crippen LogP) is 16.3. The van der Waals surface area contributed by atoms with Gasteiger partial charge in [0.2, 0.25) is 0 Å². The zero-order valence-electron chi connectivity index (χ0n) is 39.2. The Morgan fingerprint density at radius 2 is 0.683 bits per heavy atom. The van der Waals surface area contributed by atoms with Crippen LogP contribution in [0.15, 0.2) is 72.9 Å². The number of hydrogen-bond acceptors (Lipinski definition) is 6. The molecule has 0 aromatic rings. The Hall–Kier alpha value is -3.15. The van der Waals surface area contributed by atoms with Gasteiger partial charge in [0, 0.05) is 19.3 Å². The lowest BCUT2D eigenvalue weighted by molar-refractivity contribution is -0.167. The Balaban J connectivity index is 4.44. The minimum Gasteiger partial charge on any atom is -0.462 e. The fourth-order valence-electron chi connectivity index (χ4n) is 6.82. The first-order valence-electron chi connectivity index (χ1n) is 25.0. The second-order valence-corrected chi connectivity index (χ2v) is 16.5. The maximum atomic E-state index is 12.7. The second-order valence-electron chi connectivity index (χ2n) is 16.5. The van der Waals surface area contributed by atoms with Crippen molar-refractivity contribution in [2.75, 3.05) is 13.2 Å². The molecule has 0 saturated carbocycles. The van der Waals surface area contributed by atoms with Crippen LogP contribution in [0.4, 0.5) is 0 Å². The van der Waals surface area contributed by atoms with E-state index in [1.807, 2.05) is 54.7 Å². The van der Waals surface area contributed by atoms with Crippen LogP contribution in [0.25, 0.3) is 0 Å². The molecule has 0 aliphatic heterocycles. The molecule has 0 heterocycles. The molecule has 6 heteroatoms. The highest BCUT2D eigenvalue weighted by Gasteiger charge is 2.19. The van der Waals surface area contributed by atoms with Crippen LogP contribution in [0.5, 0.6) is 0 Å². The lowest BCUT2D eigenvalue weighted by atomic mass is 10.0. The summed E-state index contributed by atoms with van der Waals surface area (Å²) in [6.45, 7) is 6.40. The third-order valence-electron chi connectivity index (χ3n) is 10.6. The first-order chi connectivity index (χ1) is 29.5. The van der Waals surface area contributed by atoms with Crippen LogP contribution < -0.4 is 0 Å². The van der Waals surface area contributed by atoms with E-state index >= 15 is 0 Å². The summed E-state index contributed by atoms with van der Waals surface area (Å²) in [7, 11) is 0. The van der Waals surface area contributed by atoms with Crippen molar-refractivity contribution in [3.8, 4) is 0 Å². The Morgan fingerprint density at radius 3 is 1.13 bits per heavy atom. The third kappa shape index (κ3) is 45.9. The largest absolute Gasteiger partial charge is 0.462 e. The number of esters is 3. The molecule has 0 rings (SSSR count). The first kappa shape index (κ1) is 56.9. The molecule has 0 spiro atoms. The van der Waals surface area contributed by atoms with Crippen LogP contribution in [0.2, 0.25) is 0 Å². The van der Waals surface area contributed by atoms with Gasteiger partial charge in [-0.05, 0) is 57.8 Å². The normalized spacial score (nSPS) is 12.7. The smallest absolute Gasteiger partial charge is 0.306 e. The van der Waals surface area contributed by atoms with Crippen molar-refractivity contribution >= 4 is 17.9 Å². The third-order valence-corrected chi connectivity index (χ3v) is 10.6. The van der Waals surface area contributed by atoms with E-state index in [0.29, 0.717) is 19.3 Å². The number of hydrogen-bond donors (Lipinski definition) is 0. The topological polar surface area (TPSA) is 78.9 Å². The van der Waals surface area contributed by atoms with Crippen molar-refractivity contribution in [3.05, 3.63) is 72.9 Å². The molecule has 0 N–H and O–H groups in total. The lowest BCUT2D eigenvalue weighted by Crippen LogP contribution is -2.30. The Labute approximate surface area is 370 Å². The average Bonchev–Trinajstić information content (AvgIpc) is 3.24. The van der Waals surface area contributed by atoms with Gasteiger partial charge in [-0.25, -0.2) is 0 Å². The molecule has 60 heavy (non-hydrogen) atoms. The molecule has 1 atom stereocenters. The van der Waals surface area contributed by atoms with Crippen molar-refractivity contribution in [3.63, 3.8) is 0 Å². The number of unbranched alkanes of at least 4 members (excludes halogenated alkanes) is 25. The van der Waals surface area contributed by atoms with Gasteiger partial charge in [0.1, 0.15) is 13.2 Å². The number of carbonyl (C=O) groups is 3. The molecule has 0 saturated heterocycles. The number of allylic oxidation sites excluding steroid dienone is 12. The standard InChI is InChI=1S/C54H92O6/c1-4-7-10-13-16-19-22-25-26-27-28-30-32-35-38-41-44-47-53(56)59-50-51(49-58-52(55)46-43-40-37-34-31-24-21-18-15-12-9-6-3)60-54(57)48-45-42-39-36-33-29-23-20-17-14-11-8-5-2/h8,11,14,17-18,20-21,23,29,33,36,39,51H,4-7,9-10,12-13,15-16,19,22,24-28,30-32,34-35,37-38,40-50H2,1-3H3/b11-8-,17-14-,21-18-,23-20-,33-29-,39-36-. The van der Waals surface area contributed by atoms with E-state index in [9.17, 15) is 14.4 Å². The monoisotopic (exact) mass is 837 g/mol. The number of ether oxygens (including phenoxy) is 3. The minimum atomic E-state index is -0.812. The summed E-state index contributed by atoms with van der Waals surface area (Å²) in [5.74, 6) is -0.988. The molecule has 344 valence electrons. The summed E-state index contributed by atoms with van der Waals surface area (Å²) in [6.07, 6.45) is 60.4. The molecule has 6 nitrogen and oxygen atoms in total. The molecule has 0 radical (unpaired) electrons. The quantitative estimate of drug-likeness (QED) is 0.0200. The van der Waals surface area contributed by atoms with Crippen molar-refractivity contribution < 1.29 is 28.6 Å². The molecule has 0 fully saturated rings. The van der Waals surface area contributed by atoms with Gasteiger partial charge >= 0.3 is 17.9 Å². The van der Waals surface area contributed by atoms with Gasteiger partial charge < -0.3 is 14.2 Å². The van der Waals surface area contributed by atoms with Gasteiger partial charge in [-0.3, -0.25) is 14.4 Å². The molecular formula is C54H92O6. The maximum Gasteiger partial charge on any atom is 0.306 e. The highest BCUT2D eigenvalue weighted by atomic mass is 16.6. The zero-order valence-corrected chi connectivity index (χ0v) is 39.2. The Morgan fingerprint density at radius 1 is 0.350 bits per heavy atom. The second kappa shape index (κ2) is 48.5. The SMILES string of the molecule is CC\C=C/C=C\C=C/C=C\C=C/CCCC(=O)OC(COC(=O)CCCCCCC/C=C\CCCCC)COC(=O)CCCCCCCCCCCCCCCCCCC. The van der Waals surface area contributed by atoms with Crippen LogP contribution >= 0.6 is 0 Å². The Kier molecular flexibility index (Phi) is 46.0. The van der Waals surface area contributed by atoms with Crippen LogP contribution in [0, 0.1) is 0 Å². The Bertz CT molecular complexity index is 1140. The van der Waals surface area contributed by atoms with Gasteiger partial charge in [0.15, 0.2) is 6.10 Å². The van der Waals surface area contributed by atoms with Gasteiger partial charge in [0.05, 0.1) is 0 Å². The van der Waals surface area contributed by atoms with Crippen molar-refractivity contribution in [1.29, 1.82) is 0 Å². The average molecular weight is 837 g/mol. The fraction of sp³-hybridized carbons (Fsp3) is 0.722. The van der Waals surface area contributed by atoms with Crippen molar-refractivity contribution in [1.82, 2.24) is 0 Å². The van der Waals surface area contributed by atoms with Crippen LogP contribution in [0.1, 0.15) is 233 Å². The molecule has 0 aromatic carbocycles. The molecule has 0 bridgehead atoms. The maximum absolute atomic E-state index is 12.7. The molecular weight excluding hydrogens is 745 g/mol. The van der Waals surface area contributed by atoms with Gasteiger partial charge in [-0.15, -0.1) is 0 Å². The summed E-state index contributed by atoms with van der Waals surface area (Å²) in [5, 5.41) is 0. The molecule has 1 unspecified atom stereocenters. The van der Waals surface area contributed by atoms with Gasteiger partial charge in [-0.1, -0.05) is 229 Å². The molecule has 0 amide bonds. The minimum absolute atomic E-state index is 0.105. The van der Waals surface area contributed by atoms with E-state index in [1.165, 1.54) is 122 Å². The van der Waals surface area contributed by atoms with E-state index in [4.69, 9.17) is 14.2 Å². The van der Waals surface area contributed by atoms with Gasteiger partial charge in [0.25, 0.3) is 0 Å².